The number of ether oxygens (including phenoxy) is 2. The van der Waals surface area contributed by atoms with Gasteiger partial charge in [0.05, 0.1) is 26.1 Å². The van der Waals surface area contributed by atoms with Gasteiger partial charge in [-0.15, -0.1) is 0 Å². The zero-order valence-electron chi connectivity index (χ0n) is 20.7. The molecule has 4 rings (SSSR count). The van der Waals surface area contributed by atoms with Crippen molar-refractivity contribution in [1.29, 1.82) is 0 Å². The SMILES string of the molecule is COc1ccc(NC(=O)C2CCN(S(=O)(=O)Cc3c(Cl)cccc3Cl)CC2)cc1S(=O)(=O)N1CCOCC1. The fourth-order valence-electron chi connectivity index (χ4n) is 4.47. The number of sulfonamides is 2. The largest absolute Gasteiger partial charge is 0.495 e. The van der Waals surface area contributed by atoms with Gasteiger partial charge < -0.3 is 14.8 Å². The Morgan fingerprint density at radius 2 is 1.63 bits per heavy atom. The molecule has 2 saturated heterocycles. The number of anilines is 1. The summed E-state index contributed by atoms with van der Waals surface area (Å²) in [7, 11) is -6.17. The number of hydrogen-bond donors (Lipinski definition) is 1. The van der Waals surface area contributed by atoms with Crippen molar-refractivity contribution in [3.05, 3.63) is 52.0 Å². The van der Waals surface area contributed by atoms with E-state index in [0.29, 0.717) is 37.3 Å². The molecule has 10 nitrogen and oxygen atoms in total. The molecule has 0 unspecified atom stereocenters. The Hall–Kier alpha value is -1.93. The highest BCUT2D eigenvalue weighted by atomic mass is 35.5. The molecule has 1 amide bonds. The van der Waals surface area contributed by atoms with E-state index in [4.69, 9.17) is 32.7 Å². The lowest BCUT2D eigenvalue weighted by molar-refractivity contribution is -0.120. The van der Waals surface area contributed by atoms with Crippen LogP contribution in [-0.2, 0) is 35.3 Å². The predicted molar refractivity (Wildman–Crippen MR) is 145 cm³/mol. The van der Waals surface area contributed by atoms with Crippen LogP contribution >= 0.6 is 23.2 Å². The van der Waals surface area contributed by atoms with Crippen LogP contribution in [0.2, 0.25) is 10.0 Å². The van der Waals surface area contributed by atoms with E-state index < -0.39 is 26.0 Å². The maximum Gasteiger partial charge on any atom is 0.246 e. The Bertz CT molecular complexity index is 1370. The average molecular weight is 607 g/mol. The smallest absolute Gasteiger partial charge is 0.246 e. The van der Waals surface area contributed by atoms with Gasteiger partial charge in [-0.3, -0.25) is 4.79 Å². The summed E-state index contributed by atoms with van der Waals surface area (Å²) in [5.41, 5.74) is 0.657. The highest BCUT2D eigenvalue weighted by molar-refractivity contribution is 7.89. The van der Waals surface area contributed by atoms with Crippen LogP contribution in [0.1, 0.15) is 18.4 Å². The van der Waals surface area contributed by atoms with Gasteiger partial charge in [0.15, 0.2) is 0 Å². The number of benzene rings is 2. The maximum absolute atomic E-state index is 13.2. The molecule has 2 aliphatic heterocycles. The van der Waals surface area contributed by atoms with Crippen LogP contribution in [0.15, 0.2) is 41.3 Å². The molecule has 0 saturated carbocycles. The average Bonchev–Trinajstić information content (AvgIpc) is 2.91. The van der Waals surface area contributed by atoms with Gasteiger partial charge in [0.2, 0.25) is 26.0 Å². The standard InChI is InChI=1S/C24H29Cl2N3O7S2/c1-35-22-6-5-18(15-23(22)38(33,34)29-11-13-36-14-12-29)27-24(30)17-7-9-28(10-8-17)37(31,32)16-19-20(25)3-2-4-21(19)26/h2-6,15,17H,7-14,16H2,1H3,(H,27,30). The summed E-state index contributed by atoms with van der Waals surface area (Å²) in [6.07, 6.45) is 0.632. The Morgan fingerprint density at radius 3 is 2.24 bits per heavy atom. The molecule has 0 radical (unpaired) electrons. The summed E-state index contributed by atoms with van der Waals surface area (Å²) in [5, 5.41) is 3.35. The number of nitrogens with one attached hydrogen (secondary N) is 1. The Kier molecular flexibility index (Phi) is 9.23. The van der Waals surface area contributed by atoms with Gasteiger partial charge in [-0.25, -0.2) is 21.1 Å². The van der Waals surface area contributed by atoms with Crippen LogP contribution in [-0.4, -0.2) is 77.9 Å². The van der Waals surface area contributed by atoms with Crippen molar-refractivity contribution in [3.63, 3.8) is 0 Å². The summed E-state index contributed by atoms with van der Waals surface area (Å²) in [5.74, 6) is -0.899. The van der Waals surface area contributed by atoms with Gasteiger partial charge in [-0.2, -0.15) is 4.31 Å². The fourth-order valence-corrected chi connectivity index (χ4v) is 8.37. The predicted octanol–water partition coefficient (Wildman–Crippen LogP) is 3.20. The van der Waals surface area contributed by atoms with Crippen molar-refractivity contribution in [3.8, 4) is 5.75 Å². The van der Waals surface area contributed by atoms with Gasteiger partial charge in [0.25, 0.3) is 0 Å². The third kappa shape index (κ3) is 6.44. The van der Waals surface area contributed by atoms with Crippen molar-refractivity contribution in [2.75, 3.05) is 51.8 Å². The van der Waals surface area contributed by atoms with Gasteiger partial charge in [-0.05, 0) is 43.2 Å². The topological polar surface area (TPSA) is 122 Å². The summed E-state index contributed by atoms with van der Waals surface area (Å²) in [6.45, 7) is 1.40. The second-order valence-corrected chi connectivity index (χ2v) is 13.7. The summed E-state index contributed by atoms with van der Waals surface area (Å²) >= 11 is 12.3. The van der Waals surface area contributed by atoms with Crippen LogP contribution < -0.4 is 10.1 Å². The summed E-state index contributed by atoms with van der Waals surface area (Å²) < 4.78 is 65.6. The number of amides is 1. The van der Waals surface area contributed by atoms with E-state index in [1.165, 1.54) is 27.9 Å². The van der Waals surface area contributed by atoms with Crippen LogP contribution in [0.5, 0.6) is 5.75 Å². The van der Waals surface area contributed by atoms with E-state index in [-0.39, 0.29) is 58.5 Å². The van der Waals surface area contributed by atoms with Gasteiger partial charge >= 0.3 is 0 Å². The number of hydrogen-bond acceptors (Lipinski definition) is 7. The summed E-state index contributed by atoms with van der Waals surface area (Å²) in [6, 6.07) is 9.28. The first-order valence-electron chi connectivity index (χ1n) is 12.0. The van der Waals surface area contributed by atoms with Crippen molar-refractivity contribution in [2.45, 2.75) is 23.5 Å². The van der Waals surface area contributed by atoms with E-state index in [9.17, 15) is 21.6 Å². The van der Waals surface area contributed by atoms with E-state index in [1.54, 1.807) is 24.3 Å². The summed E-state index contributed by atoms with van der Waals surface area (Å²) in [4.78, 5) is 13.0. The molecule has 208 valence electrons. The molecule has 38 heavy (non-hydrogen) atoms. The molecule has 2 fully saturated rings. The molecule has 2 aromatic carbocycles. The number of halogens is 2. The normalized spacial score (nSPS) is 18.3. The first-order chi connectivity index (χ1) is 18.0. The lowest BCUT2D eigenvalue weighted by atomic mass is 9.97. The second kappa shape index (κ2) is 12.1. The third-order valence-electron chi connectivity index (χ3n) is 6.63. The molecular weight excluding hydrogens is 577 g/mol. The van der Waals surface area contributed by atoms with E-state index in [2.05, 4.69) is 5.32 Å². The number of methoxy groups -OCH3 is 1. The lowest BCUT2D eigenvalue weighted by Crippen LogP contribution is -2.42. The number of morpholine rings is 1. The molecule has 0 aliphatic carbocycles. The third-order valence-corrected chi connectivity index (χ3v) is 11.1. The second-order valence-electron chi connectivity index (χ2n) is 9.00. The number of rotatable bonds is 8. The molecule has 2 aliphatic rings. The molecule has 2 heterocycles. The highest BCUT2D eigenvalue weighted by Crippen LogP contribution is 2.32. The van der Waals surface area contributed by atoms with Crippen molar-refractivity contribution < 1.29 is 31.1 Å². The zero-order chi connectivity index (χ0) is 27.5. The molecule has 0 aromatic heterocycles. The Morgan fingerprint density at radius 1 is 1.00 bits per heavy atom. The van der Waals surface area contributed by atoms with Crippen LogP contribution in [0.3, 0.4) is 0 Å². The minimum Gasteiger partial charge on any atom is -0.495 e. The number of carbonyl (C=O) groups is 1. The highest BCUT2D eigenvalue weighted by Gasteiger charge is 2.33. The molecule has 0 spiro atoms. The minimum atomic E-state index is -3.86. The monoisotopic (exact) mass is 605 g/mol. The number of carbonyl (C=O) groups excluding carboxylic acids is 1. The van der Waals surface area contributed by atoms with Crippen molar-refractivity contribution in [1.82, 2.24) is 8.61 Å². The van der Waals surface area contributed by atoms with Gasteiger partial charge in [0.1, 0.15) is 10.6 Å². The van der Waals surface area contributed by atoms with E-state index in [1.807, 2.05) is 0 Å². The van der Waals surface area contributed by atoms with Crippen LogP contribution in [0.25, 0.3) is 0 Å². The van der Waals surface area contributed by atoms with Crippen molar-refractivity contribution in [2.24, 2.45) is 5.92 Å². The molecule has 14 heteroatoms. The van der Waals surface area contributed by atoms with Crippen molar-refractivity contribution >= 4 is 54.8 Å². The molecule has 2 aromatic rings. The molecular formula is C24H29Cl2N3O7S2. The molecule has 0 bridgehead atoms. The molecule has 1 N–H and O–H groups in total. The minimum absolute atomic E-state index is 0.0427. The Labute approximate surface area is 232 Å². The maximum atomic E-state index is 13.2. The van der Waals surface area contributed by atoms with Gasteiger partial charge in [-0.1, -0.05) is 29.3 Å². The fraction of sp³-hybridized carbons (Fsp3) is 0.458. The lowest BCUT2D eigenvalue weighted by Gasteiger charge is -2.31. The first-order valence-corrected chi connectivity index (χ1v) is 15.8. The van der Waals surface area contributed by atoms with E-state index in [0.717, 1.165) is 0 Å². The molecule has 0 atom stereocenters. The van der Waals surface area contributed by atoms with Gasteiger partial charge in [0, 0.05) is 53.4 Å². The van der Waals surface area contributed by atoms with Crippen LogP contribution in [0, 0.1) is 5.92 Å². The number of piperidine rings is 1. The van der Waals surface area contributed by atoms with Crippen LogP contribution in [0.4, 0.5) is 5.69 Å². The van der Waals surface area contributed by atoms with E-state index >= 15 is 0 Å². The Balaban J connectivity index is 1.41. The number of nitrogens with zero attached hydrogens (tertiary/aromatic N) is 2. The quantitative estimate of drug-likeness (QED) is 0.490. The first kappa shape index (κ1) is 29.1. The zero-order valence-corrected chi connectivity index (χ0v) is 23.9.